The van der Waals surface area contributed by atoms with E-state index >= 15 is 0 Å². The van der Waals surface area contributed by atoms with Crippen molar-refractivity contribution in [2.75, 3.05) is 0 Å². The lowest BCUT2D eigenvalue weighted by molar-refractivity contribution is 0.266. The minimum absolute atomic E-state index is 0.303. The van der Waals surface area contributed by atoms with Crippen LogP contribution in [0.3, 0.4) is 0 Å². The van der Waals surface area contributed by atoms with E-state index in [0.717, 1.165) is 5.92 Å². The van der Waals surface area contributed by atoms with E-state index in [1.54, 1.807) is 0 Å². The van der Waals surface area contributed by atoms with Crippen molar-refractivity contribution in [2.45, 2.75) is 44.6 Å². The van der Waals surface area contributed by atoms with Crippen molar-refractivity contribution in [2.24, 2.45) is 11.7 Å². The lowest BCUT2D eigenvalue weighted by Gasteiger charge is -2.30. The predicted octanol–water partition coefficient (Wildman–Crippen LogP) is 2.70. The van der Waals surface area contributed by atoms with Crippen molar-refractivity contribution in [3.63, 3.8) is 0 Å². The van der Waals surface area contributed by atoms with Crippen molar-refractivity contribution >= 4 is 0 Å². The van der Waals surface area contributed by atoms with Gasteiger partial charge in [0, 0.05) is 18.4 Å². The largest absolute Gasteiger partial charge is 0.327 e. The second kappa shape index (κ2) is 4.75. The Balaban J connectivity index is 1.91. The molecule has 1 aromatic rings. The normalized spacial score (nSPS) is 20.7. The van der Waals surface area contributed by atoms with Gasteiger partial charge in [0.2, 0.25) is 0 Å². The van der Waals surface area contributed by atoms with Gasteiger partial charge in [0.25, 0.3) is 0 Å². The molecule has 2 atom stereocenters. The molecule has 2 heteroatoms. The third-order valence-electron chi connectivity index (χ3n) is 3.70. The molecule has 1 aromatic heterocycles. The van der Waals surface area contributed by atoms with Crippen LogP contribution in [0, 0.1) is 5.92 Å². The van der Waals surface area contributed by atoms with Crippen LogP contribution in [0.2, 0.25) is 0 Å². The Bertz CT molecular complexity index is 293. The Kier molecular flexibility index (Phi) is 3.37. The van der Waals surface area contributed by atoms with Gasteiger partial charge in [-0.3, -0.25) is 4.98 Å². The molecule has 0 spiro atoms. The van der Waals surface area contributed by atoms with Gasteiger partial charge >= 0.3 is 0 Å². The minimum Gasteiger partial charge on any atom is -0.327 e. The summed E-state index contributed by atoms with van der Waals surface area (Å²) < 4.78 is 0. The number of aromatic nitrogens is 1. The van der Waals surface area contributed by atoms with Crippen molar-refractivity contribution in [1.29, 1.82) is 0 Å². The van der Waals surface area contributed by atoms with Gasteiger partial charge in [-0.15, -0.1) is 0 Å². The summed E-state index contributed by atoms with van der Waals surface area (Å²) in [5, 5.41) is 0. The standard InChI is InChI=1S/C13H20N2/c1-10(12-5-7-15-8-6-12)13(14)9-11-3-2-4-11/h5-8,10-11,13H,2-4,9,14H2,1H3. The lowest BCUT2D eigenvalue weighted by atomic mass is 9.78. The molecule has 2 rings (SSSR count). The number of pyridine rings is 1. The summed E-state index contributed by atoms with van der Waals surface area (Å²) in [7, 11) is 0. The first-order chi connectivity index (χ1) is 7.27. The van der Waals surface area contributed by atoms with Gasteiger partial charge in [0.15, 0.2) is 0 Å². The molecule has 15 heavy (non-hydrogen) atoms. The average molecular weight is 204 g/mol. The van der Waals surface area contributed by atoms with Gasteiger partial charge in [0.05, 0.1) is 0 Å². The quantitative estimate of drug-likeness (QED) is 0.819. The highest BCUT2D eigenvalue weighted by molar-refractivity contribution is 5.16. The molecule has 0 aliphatic heterocycles. The molecule has 1 aliphatic carbocycles. The van der Waals surface area contributed by atoms with E-state index in [-0.39, 0.29) is 0 Å². The van der Waals surface area contributed by atoms with Crippen molar-refractivity contribution in [3.05, 3.63) is 30.1 Å². The molecule has 1 saturated carbocycles. The summed E-state index contributed by atoms with van der Waals surface area (Å²) in [5.74, 6) is 1.35. The summed E-state index contributed by atoms with van der Waals surface area (Å²) in [5.41, 5.74) is 7.56. The Labute approximate surface area is 91.9 Å². The molecule has 82 valence electrons. The molecule has 0 bridgehead atoms. The Hall–Kier alpha value is -0.890. The van der Waals surface area contributed by atoms with Gasteiger partial charge in [-0.1, -0.05) is 26.2 Å². The minimum atomic E-state index is 0.303. The van der Waals surface area contributed by atoms with Crippen LogP contribution in [-0.4, -0.2) is 11.0 Å². The van der Waals surface area contributed by atoms with Gasteiger partial charge in [-0.2, -0.15) is 0 Å². The third kappa shape index (κ3) is 2.57. The van der Waals surface area contributed by atoms with E-state index in [1.807, 2.05) is 12.4 Å². The zero-order chi connectivity index (χ0) is 10.7. The van der Waals surface area contributed by atoms with Gasteiger partial charge in [-0.25, -0.2) is 0 Å². The highest BCUT2D eigenvalue weighted by atomic mass is 14.7. The first-order valence-corrected chi connectivity index (χ1v) is 5.93. The zero-order valence-corrected chi connectivity index (χ0v) is 9.39. The molecule has 1 heterocycles. The van der Waals surface area contributed by atoms with E-state index in [2.05, 4.69) is 24.0 Å². The van der Waals surface area contributed by atoms with Gasteiger partial charge in [-0.05, 0) is 36.0 Å². The Morgan fingerprint density at radius 1 is 1.40 bits per heavy atom. The summed E-state index contributed by atoms with van der Waals surface area (Å²) in [6.07, 6.45) is 9.06. The molecule has 1 aliphatic rings. The second-order valence-corrected chi connectivity index (χ2v) is 4.77. The topological polar surface area (TPSA) is 38.9 Å². The fraction of sp³-hybridized carbons (Fsp3) is 0.615. The Morgan fingerprint density at radius 3 is 2.60 bits per heavy atom. The van der Waals surface area contributed by atoms with Crippen molar-refractivity contribution in [1.82, 2.24) is 4.98 Å². The molecule has 1 fully saturated rings. The second-order valence-electron chi connectivity index (χ2n) is 4.77. The van der Waals surface area contributed by atoms with Crippen LogP contribution in [0.25, 0.3) is 0 Å². The first kappa shape index (κ1) is 10.6. The van der Waals surface area contributed by atoms with Gasteiger partial charge < -0.3 is 5.73 Å². The van der Waals surface area contributed by atoms with Crippen LogP contribution < -0.4 is 5.73 Å². The van der Waals surface area contributed by atoms with E-state index in [0.29, 0.717) is 12.0 Å². The molecular formula is C13H20N2. The molecule has 2 nitrogen and oxygen atoms in total. The van der Waals surface area contributed by atoms with Gasteiger partial charge in [0.1, 0.15) is 0 Å². The lowest BCUT2D eigenvalue weighted by Crippen LogP contribution is -2.31. The van der Waals surface area contributed by atoms with Crippen LogP contribution in [0.15, 0.2) is 24.5 Å². The van der Waals surface area contributed by atoms with Crippen LogP contribution >= 0.6 is 0 Å². The number of rotatable bonds is 4. The number of hydrogen-bond donors (Lipinski definition) is 1. The highest BCUT2D eigenvalue weighted by Gasteiger charge is 2.23. The van der Waals surface area contributed by atoms with E-state index < -0.39 is 0 Å². The van der Waals surface area contributed by atoms with Crippen molar-refractivity contribution < 1.29 is 0 Å². The van der Waals surface area contributed by atoms with Crippen LogP contribution in [0.4, 0.5) is 0 Å². The summed E-state index contributed by atoms with van der Waals surface area (Å²) >= 11 is 0. The number of nitrogens with two attached hydrogens (primary N) is 1. The highest BCUT2D eigenvalue weighted by Crippen LogP contribution is 2.33. The first-order valence-electron chi connectivity index (χ1n) is 5.93. The maximum atomic E-state index is 6.24. The van der Waals surface area contributed by atoms with E-state index in [4.69, 9.17) is 5.73 Å². The molecule has 2 unspecified atom stereocenters. The molecular weight excluding hydrogens is 184 g/mol. The maximum Gasteiger partial charge on any atom is 0.0270 e. The summed E-state index contributed by atoms with van der Waals surface area (Å²) in [4.78, 5) is 4.03. The summed E-state index contributed by atoms with van der Waals surface area (Å²) in [6.45, 7) is 2.22. The molecule has 0 amide bonds. The smallest absolute Gasteiger partial charge is 0.0270 e. The predicted molar refractivity (Wildman–Crippen MR) is 62.6 cm³/mol. The van der Waals surface area contributed by atoms with Crippen LogP contribution in [0.1, 0.15) is 44.1 Å². The van der Waals surface area contributed by atoms with E-state index in [9.17, 15) is 0 Å². The van der Waals surface area contributed by atoms with Crippen molar-refractivity contribution in [3.8, 4) is 0 Å². The molecule has 0 radical (unpaired) electrons. The number of hydrogen-bond acceptors (Lipinski definition) is 2. The SMILES string of the molecule is CC(c1ccncc1)C(N)CC1CCC1. The fourth-order valence-corrected chi connectivity index (χ4v) is 2.23. The monoisotopic (exact) mass is 204 g/mol. The van der Waals surface area contributed by atoms with Crippen LogP contribution in [0.5, 0.6) is 0 Å². The molecule has 0 aromatic carbocycles. The molecule has 2 N–H and O–H groups in total. The third-order valence-corrected chi connectivity index (χ3v) is 3.70. The zero-order valence-electron chi connectivity index (χ0n) is 9.39. The Morgan fingerprint density at radius 2 is 2.07 bits per heavy atom. The van der Waals surface area contributed by atoms with Crippen LogP contribution in [-0.2, 0) is 0 Å². The number of nitrogens with zero attached hydrogens (tertiary/aromatic N) is 1. The summed E-state index contributed by atoms with van der Waals surface area (Å²) in [6, 6.07) is 4.45. The molecule has 0 saturated heterocycles. The van der Waals surface area contributed by atoms with E-state index in [1.165, 1.54) is 31.2 Å². The fourth-order valence-electron chi connectivity index (χ4n) is 2.23. The average Bonchev–Trinajstić information content (AvgIpc) is 2.23. The maximum absolute atomic E-state index is 6.24.